The van der Waals surface area contributed by atoms with Crippen LogP contribution < -0.4 is 29.7 Å². The fourth-order valence-electron chi connectivity index (χ4n) is 5.28. The molecule has 1 atom stereocenters. The number of thiazole rings is 1. The largest absolute Gasteiger partial charge is 0.494 e. The highest BCUT2D eigenvalue weighted by atomic mass is 127. The number of nitrogens with one attached hydrogen (secondary N) is 1. The summed E-state index contributed by atoms with van der Waals surface area (Å²) in [5.74, 6) is 1.06. The van der Waals surface area contributed by atoms with Crippen LogP contribution in [0.15, 0.2) is 121 Å². The summed E-state index contributed by atoms with van der Waals surface area (Å²) in [4.78, 5) is 33.5. The minimum atomic E-state index is -0.705. The van der Waals surface area contributed by atoms with Crippen molar-refractivity contribution in [2.45, 2.75) is 26.5 Å². The second-order valence-corrected chi connectivity index (χ2v) is 14.6. The van der Waals surface area contributed by atoms with Crippen molar-refractivity contribution in [2.24, 2.45) is 4.99 Å². The number of aromatic nitrogens is 1. The topological polar surface area (TPSA) is 81.9 Å². The van der Waals surface area contributed by atoms with Gasteiger partial charge >= 0.3 is 0 Å². The van der Waals surface area contributed by atoms with Crippen LogP contribution in [-0.2, 0) is 11.4 Å². The van der Waals surface area contributed by atoms with Gasteiger partial charge in [-0.3, -0.25) is 14.2 Å². The van der Waals surface area contributed by atoms with Crippen molar-refractivity contribution in [3.8, 4) is 11.5 Å². The number of hydrogen-bond acceptors (Lipinski definition) is 6. The molecule has 0 saturated carbocycles. The van der Waals surface area contributed by atoms with E-state index in [0.29, 0.717) is 51.0 Å². The summed E-state index contributed by atoms with van der Waals surface area (Å²) in [5.41, 5.74) is 3.88. The third kappa shape index (κ3) is 7.48. The smallest absolute Gasteiger partial charge is 0.271 e. The second kappa shape index (κ2) is 14.7. The molecule has 1 aromatic heterocycles. The number of amides is 1. The lowest BCUT2D eigenvalue weighted by Crippen LogP contribution is -2.40. The lowest BCUT2D eigenvalue weighted by molar-refractivity contribution is -0.113. The predicted octanol–water partition coefficient (Wildman–Crippen LogP) is 7.98. The number of rotatable bonds is 9. The third-order valence-electron chi connectivity index (χ3n) is 7.42. The maximum Gasteiger partial charge on any atom is 0.271 e. The summed E-state index contributed by atoms with van der Waals surface area (Å²) in [7, 11) is 0. The average Bonchev–Trinajstić information content (AvgIpc) is 3.35. The molecular weight excluding hydrogens is 857 g/mol. The molecule has 1 amide bonds. The Labute approximate surface area is 306 Å². The molecule has 0 radical (unpaired) electrons. The molecule has 1 aliphatic rings. The summed E-state index contributed by atoms with van der Waals surface area (Å²) >= 11 is 10.6. The van der Waals surface area contributed by atoms with Crippen molar-refractivity contribution in [1.29, 1.82) is 0 Å². The number of ether oxygens (including phenoxy) is 2. The van der Waals surface area contributed by atoms with Gasteiger partial charge in [-0.15, -0.1) is 0 Å². The maximum atomic E-state index is 14.3. The van der Waals surface area contributed by atoms with Gasteiger partial charge in [-0.25, -0.2) is 4.99 Å². The summed E-state index contributed by atoms with van der Waals surface area (Å²) in [6.45, 7) is 4.63. The van der Waals surface area contributed by atoms with E-state index in [4.69, 9.17) is 14.5 Å². The maximum absolute atomic E-state index is 14.3. The molecule has 0 saturated heterocycles. The zero-order valence-corrected chi connectivity index (χ0v) is 31.4. The lowest BCUT2D eigenvalue weighted by atomic mass is 9.95. The van der Waals surface area contributed by atoms with Crippen molar-refractivity contribution >= 4 is 83.5 Å². The van der Waals surface area contributed by atoms with Gasteiger partial charge in [-0.05, 0) is 102 Å². The first-order chi connectivity index (χ1) is 22.7. The number of fused-ring (bicyclic) bond motifs is 1. The molecule has 0 bridgehead atoms. The Morgan fingerprint density at radius 1 is 1.00 bits per heavy atom. The van der Waals surface area contributed by atoms with Crippen molar-refractivity contribution in [2.75, 3.05) is 11.9 Å². The number of allylic oxidation sites excluding steroid dienone is 1. The molecule has 2 heterocycles. The van der Waals surface area contributed by atoms with E-state index in [2.05, 4.69) is 59.8 Å². The molecule has 238 valence electrons. The van der Waals surface area contributed by atoms with E-state index in [-0.39, 0.29) is 11.5 Å². The zero-order valence-electron chi connectivity index (χ0n) is 25.3. The Bertz CT molecular complexity index is 2160. The SMILES string of the molecule is CCOc1ccc([C@@H]2C(C(=O)Nc3ccccc3)=C(C)N=c3s/c(=C\c4cc(Br)cc(I)c4OCc4ccc(Br)cc4)c(=O)n32)cc1. The van der Waals surface area contributed by atoms with Gasteiger partial charge in [0, 0.05) is 20.2 Å². The Morgan fingerprint density at radius 3 is 2.43 bits per heavy atom. The molecule has 11 heteroatoms. The molecular formula is C36H28Br2IN3O4S. The number of para-hydroxylation sites is 1. The summed E-state index contributed by atoms with van der Waals surface area (Å²) in [5, 5.41) is 2.99. The molecule has 0 fully saturated rings. The highest BCUT2D eigenvalue weighted by molar-refractivity contribution is 14.1. The number of carbonyl (C=O) groups excluding carboxylic acids is 1. The van der Waals surface area contributed by atoms with E-state index in [1.807, 2.05) is 111 Å². The first-order valence-electron chi connectivity index (χ1n) is 14.7. The highest BCUT2D eigenvalue weighted by Gasteiger charge is 2.32. The summed E-state index contributed by atoms with van der Waals surface area (Å²) in [6, 6.07) is 27.9. The van der Waals surface area contributed by atoms with Gasteiger partial charge < -0.3 is 14.8 Å². The molecule has 6 rings (SSSR count). The minimum absolute atomic E-state index is 0.251. The Morgan fingerprint density at radius 2 is 1.72 bits per heavy atom. The van der Waals surface area contributed by atoms with Crippen LogP contribution in [0.4, 0.5) is 5.69 Å². The van der Waals surface area contributed by atoms with E-state index >= 15 is 0 Å². The third-order valence-corrected chi connectivity index (χ3v) is 10.2. The number of carbonyl (C=O) groups is 1. The fourth-order valence-corrected chi connectivity index (χ4v) is 8.29. The minimum Gasteiger partial charge on any atom is -0.494 e. The normalized spacial score (nSPS) is 14.4. The number of halogens is 3. The number of benzene rings is 4. The monoisotopic (exact) mass is 883 g/mol. The van der Waals surface area contributed by atoms with E-state index in [0.717, 1.165) is 29.2 Å². The molecule has 5 aromatic rings. The van der Waals surface area contributed by atoms with E-state index < -0.39 is 6.04 Å². The van der Waals surface area contributed by atoms with Gasteiger partial charge in [0.25, 0.3) is 11.5 Å². The van der Waals surface area contributed by atoms with Crippen LogP contribution >= 0.6 is 65.8 Å². The van der Waals surface area contributed by atoms with Gasteiger partial charge in [0.15, 0.2) is 4.80 Å². The van der Waals surface area contributed by atoms with Crippen LogP contribution in [-0.4, -0.2) is 17.1 Å². The first-order valence-corrected chi connectivity index (χ1v) is 18.2. The molecule has 1 aliphatic heterocycles. The van der Waals surface area contributed by atoms with Crippen LogP contribution in [0.5, 0.6) is 11.5 Å². The Balaban J connectivity index is 1.45. The fraction of sp³-hybridized carbons (Fsp3) is 0.139. The van der Waals surface area contributed by atoms with E-state index in [1.54, 1.807) is 4.57 Å². The average molecular weight is 885 g/mol. The van der Waals surface area contributed by atoms with Gasteiger partial charge in [-0.2, -0.15) is 0 Å². The van der Waals surface area contributed by atoms with Gasteiger partial charge in [-0.1, -0.05) is 85.7 Å². The molecule has 4 aromatic carbocycles. The van der Waals surface area contributed by atoms with Crippen LogP contribution in [0, 0.1) is 3.57 Å². The molecule has 0 spiro atoms. The van der Waals surface area contributed by atoms with Gasteiger partial charge in [0.05, 0.1) is 32.0 Å². The predicted molar refractivity (Wildman–Crippen MR) is 202 cm³/mol. The standard InChI is InChI=1S/C36H28Br2IN3O4S/c1-3-45-28-15-11-23(12-16-28)32-31(34(43)41-27-7-5-4-6-8-27)21(2)40-36-42(32)35(44)30(47-36)18-24-17-26(38)19-29(39)33(24)46-20-22-9-13-25(37)14-10-22/h4-19,32H,3,20H2,1-2H3,(H,41,43)/b30-18-/t32-/m1/s1. The van der Waals surface area contributed by atoms with Crippen LogP contribution in [0.25, 0.3) is 6.08 Å². The highest BCUT2D eigenvalue weighted by Crippen LogP contribution is 2.33. The van der Waals surface area contributed by atoms with Gasteiger partial charge in [0.2, 0.25) is 0 Å². The quantitative estimate of drug-likeness (QED) is 0.152. The number of anilines is 1. The van der Waals surface area contributed by atoms with Crippen LogP contribution in [0.1, 0.15) is 36.6 Å². The van der Waals surface area contributed by atoms with E-state index in [9.17, 15) is 9.59 Å². The molecule has 1 N–H and O–H groups in total. The second-order valence-electron chi connectivity index (χ2n) is 10.6. The van der Waals surface area contributed by atoms with Crippen molar-refractivity contribution in [1.82, 2.24) is 4.57 Å². The van der Waals surface area contributed by atoms with Crippen LogP contribution in [0.3, 0.4) is 0 Å². The zero-order chi connectivity index (χ0) is 33.1. The first kappa shape index (κ1) is 33.4. The van der Waals surface area contributed by atoms with Crippen molar-refractivity contribution in [3.63, 3.8) is 0 Å². The molecule has 47 heavy (non-hydrogen) atoms. The Kier molecular flexibility index (Phi) is 10.5. The molecule has 7 nitrogen and oxygen atoms in total. The summed E-state index contributed by atoms with van der Waals surface area (Å²) < 4.78 is 16.8. The molecule has 0 unspecified atom stereocenters. The van der Waals surface area contributed by atoms with Gasteiger partial charge in [0.1, 0.15) is 18.1 Å². The van der Waals surface area contributed by atoms with Crippen molar-refractivity contribution in [3.05, 3.63) is 151 Å². The summed E-state index contributed by atoms with van der Waals surface area (Å²) in [6.07, 6.45) is 1.84. The lowest BCUT2D eigenvalue weighted by Gasteiger charge is -2.25. The molecule has 0 aliphatic carbocycles. The van der Waals surface area contributed by atoms with Crippen molar-refractivity contribution < 1.29 is 14.3 Å². The van der Waals surface area contributed by atoms with E-state index in [1.165, 1.54) is 11.3 Å². The number of nitrogens with zero attached hydrogens (tertiary/aromatic N) is 2. The van der Waals surface area contributed by atoms with Crippen LogP contribution in [0.2, 0.25) is 0 Å². The Hall–Kier alpha value is -3.52. The number of hydrogen-bond donors (Lipinski definition) is 1.